The number of H-pyrrole nitrogens is 1. The molecule has 3 aromatic rings. The molecule has 0 saturated heterocycles. The minimum atomic E-state index is -4.42. The van der Waals surface area contributed by atoms with Crippen LogP contribution in [-0.4, -0.2) is 33.6 Å². The van der Waals surface area contributed by atoms with Crippen LogP contribution in [0.3, 0.4) is 0 Å². The van der Waals surface area contributed by atoms with E-state index in [4.69, 9.17) is 0 Å². The van der Waals surface area contributed by atoms with E-state index in [1.165, 1.54) is 12.3 Å². The molecule has 3 rings (SSSR count). The number of alkyl halides is 3. The van der Waals surface area contributed by atoms with Crippen LogP contribution in [0.25, 0.3) is 11.0 Å². The Labute approximate surface area is 146 Å². The van der Waals surface area contributed by atoms with Crippen molar-refractivity contribution in [1.29, 1.82) is 0 Å². The zero-order valence-corrected chi connectivity index (χ0v) is 13.7. The van der Waals surface area contributed by atoms with Gasteiger partial charge in [0.05, 0.1) is 17.1 Å². The van der Waals surface area contributed by atoms with Gasteiger partial charge in [-0.05, 0) is 24.6 Å². The number of hydrogen-bond acceptors (Lipinski definition) is 4. The molecule has 1 unspecified atom stereocenters. The van der Waals surface area contributed by atoms with E-state index in [2.05, 4.69) is 25.0 Å². The third-order valence-corrected chi connectivity index (χ3v) is 3.59. The lowest BCUT2D eigenvalue weighted by atomic mass is 10.1. The van der Waals surface area contributed by atoms with Gasteiger partial charge in [-0.3, -0.25) is 4.79 Å². The van der Waals surface area contributed by atoms with Crippen LogP contribution >= 0.6 is 0 Å². The molecule has 0 bridgehead atoms. The summed E-state index contributed by atoms with van der Waals surface area (Å²) in [5, 5.41) is 2.76. The first-order valence-electron chi connectivity index (χ1n) is 7.73. The van der Waals surface area contributed by atoms with Gasteiger partial charge in [-0.25, -0.2) is 9.97 Å². The number of carbonyl (C=O) groups is 1. The molecule has 0 fully saturated rings. The van der Waals surface area contributed by atoms with E-state index in [1.54, 1.807) is 19.1 Å². The van der Waals surface area contributed by atoms with E-state index in [9.17, 15) is 18.0 Å². The molecule has 0 aliphatic carbocycles. The first kappa shape index (κ1) is 17.7. The third-order valence-electron chi connectivity index (χ3n) is 3.59. The minimum Gasteiger partial charge on any atom is -0.468 e. The predicted molar refractivity (Wildman–Crippen MR) is 87.8 cm³/mol. The number of carbonyl (C=O) groups excluding carboxylic acids is 1. The van der Waals surface area contributed by atoms with Crippen molar-refractivity contribution in [2.75, 3.05) is 6.61 Å². The van der Waals surface area contributed by atoms with E-state index < -0.39 is 24.7 Å². The van der Waals surface area contributed by atoms with Crippen molar-refractivity contribution in [2.45, 2.75) is 19.1 Å². The SMILES string of the molecule is CC(NC(=O)c1nc2ccccc2[nH]1)c1ccc(OCC(F)(F)F)nc1. The van der Waals surface area contributed by atoms with E-state index in [1.807, 2.05) is 18.2 Å². The van der Waals surface area contributed by atoms with Crippen LogP contribution in [0, 0.1) is 0 Å². The van der Waals surface area contributed by atoms with Crippen LogP contribution in [0.2, 0.25) is 0 Å². The summed E-state index contributed by atoms with van der Waals surface area (Å²) in [7, 11) is 0. The number of benzene rings is 1. The van der Waals surface area contributed by atoms with Gasteiger partial charge in [0.2, 0.25) is 5.88 Å². The van der Waals surface area contributed by atoms with Crippen LogP contribution in [0.4, 0.5) is 13.2 Å². The quantitative estimate of drug-likeness (QED) is 0.727. The van der Waals surface area contributed by atoms with Crippen LogP contribution in [0.5, 0.6) is 5.88 Å². The molecule has 1 amide bonds. The summed E-state index contributed by atoms with van der Waals surface area (Å²) in [4.78, 5) is 23.3. The van der Waals surface area contributed by atoms with E-state index in [-0.39, 0.29) is 11.7 Å². The molecule has 6 nitrogen and oxygen atoms in total. The number of nitrogens with zero attached hydrogens (tertiary/aromatic N) is 2. The van der Waals surface area contributed by atoms with Gasteiger partial charge in [0.25, 0.3) is 5.91 Å². The van der Waals surface area contributed by atoms with Crippen molar-refractivity contribution < 1.29 is 22.7 Å². The second-order valence-electron chi connectivity index (χ2n) is 5.63. The van der Waals surface area contributed by atoms with Crippen LogP contribution in [-0.2, 0) is 0 Å². The molecule has 0 aliphatic heterocycles. The topological polar surface area (TPSA) is 79.9 Å². The summed E-state index contributed by atoms with van der Waals surface area (Å²) < 4.78 is 40.9. The van der Waals surface area contributed by atoms with Gasteiger partial charge in [0.15, 0.2) is 12.4 Å². The number of ether oxygens (including phenoxy) is 1. The highest BCUT2D eigenvalue weighted by atomic mass is 19.4. The van der Waals surface area contributed by atoms with E-state index in [0.29, 0.717) is 11.1 Å². The summed E-state index contributed by atoms with van der Waals surface area (Å²) in [5.74, 6) is -0.357. The molecule has 0 aliphatic rings. The summed E-state index contributed by atoms with van der Waals surface area (Å²) >= 11 is 0. The Bertz CT molecular complexity index is 873. The number of fused-ring (bicyclic) bond motifs is 1. The molecule has 136 valence electrons. The van der Waals surface area contributed by atoms with Crippen LogP contribution in [0.1, 0.15) is 29.1 Å². The number of pyridine rings is 1. The fourth-order valence-corrected chi connectivity index (χ4v) is 2.30. The number of amides is 1. The standard InChI is InChI=1S/C17H15F3N4O2/c1-10(11-6-7-14(21-8-11)26-9-17(18,19)20)22-16(25)15-23-12-4-2-3-5-13(12)24-15/h2-8,10H,9H2,1H3,(H,22,25)(H,23,24). The number of aromatic nitrogens is 3. The number of aromatic amines is 1. The zero-order valence-electron chi connectivity index (χ0n) is 13.7. The van der Waals surface area contributed by atoms with Gasteiger partial charge in [0.1, 0.15) is 0 Å². The Kier molecular flexibility index (Phi) is 4.79. The Morgan fingerprint density at radius 3 is 2.69 bits per heavy atom. The Morgan fingerprint density at radius 1 is 1.27 bits per heavy atom. The van der Waals surface area contributed by atoms with Crippen molar-refractivity contribution in [3.05, 3.63) is 54.0 Å². The number of rotatable bonds is 5. The molecule has 9 heteroatoms. The average Bonchev–Trinajstić information content (AvgIpc) is 3.04. The average molecular weight is 364 g/mol. The molecule has 1 atom stereocenters. The van der Waals surface area contributed by atoms with Gasteiger partial charge in [0, 0.05) is 12.3 Å². The fraction of sp³-hybridized carbons (Fsp3) is 0.235. The Morgan fingerprint density at radius 2 is 2.04 bits per heavy atom. The fourth-order valence-electron chi connectivity index (χ4n) is 2.30. The Balaban J connectivity index is 1.63. The van der Waals surface area contributed by atoms with Crippen LogP contribution < -0.4 is 10.1 Å². The van der Waals surface area contributed by atoms with Gasteiger partial charge >= 0.3 is 6.18 Å². The molecular formula is C17H15F3N4O2. The molecule has 0 radical (unpaired) electrons. The number of imidazole rings is 1. The van der Waals surface area contributed by atoms with Crippen molar-refractivity contribution in [3.8, 4) is 5.88 Å². The lowest BCUT2D eigenvalue weighted by Crippen LogP contribution is -2.27. The molecule has 0 spiro atoms. The summed E-state index contributed by atoms with van der Waals surface area (Å²) in [6, 6.07) is 9.70. The summed E-state index contributed by atoms with van der Waals surface area (Å²) in [6.45, 7) is 0.325. The smallest absolute Gasteiger partial charge is 0.422 e. The second kappa shape index (κ2) is 7.03. The zero-order chi connectivity index (χ0) is 18.7. The van der Waals surface area contributed by atoms with Crippen molar-refractivity contribution in [1.82, 2.24) is 20.3 Å². The maximum absolute atomic E-state index is 12.3. The molecule has 26 heavy (non-hydrogen) atoms. The van der Waals surface area contributed by atoms with Gasteiger partial charge in [-0.1, -0.05) is 18.2 Å². The number of nitrogens with one attached hydrogen (secondary N) is 2. The minimum absolute atomic E-state index is 0.137. The van der Waals surface area contributed by atoms with Gasteiger partial charge in [-0.15, -0.1) is 0 Å². The van der Waals surface area contributed by atoms with Crippen molar-refractivity contribution >= 4 is 16.9 Å². The van der Waals surface area contributed by atoms with Gasteiger partial charge in [-0.2, -0.15) is 13.2 Å². The molecule has 0 saturated carbocycles. The lowest BCUT2D eigenvalue weighted by molar-refractivity contribution is -0.154. The normalized spacial score (nSPS) is 12.8. The summed E-state index contributed by atoms with van der Waals surface area (Å²) in [6.07, 6.45) is -3.07. The van der Waals surface area contributed by atoms with Crippen molar-refractivity contribution in [2.24, 2.45) is 0 Å². The third kappa shape index (κ3) is 4.29. The van der Waals surface area contributed by atoms with Gasteiger partial charge < -0.3 is 15.0 Å². The lowest BCUT2D eigenvalue weighted by Gasteiger charge is -2.14. The molecule has 2 N–H and O–H groups in total. The first-order chi connectivity index (χ1) is 12.3. The Hall–Kier alpha value is -3.10. The maximum atomic E-state index is 12.3. The maximum Gasteiger partial charge on any atom is 0.422 e. The predicted octanol–water partition coefficient (Wildman–Crippen LogP) is 3.39. The summed E-state index contributed by atoms with van der Waals surface area (Å²) in [5.41, 5.74) is 2.05. The van der Waals surface area contributed by atoms with Crippen LogP contribution in [0.15, 0.2) is 42.6 Å². The molecular weight excluding hydrogens is 349 g/mol. The molecule has 1 aromatic carbocycles. The monoisotopic (exact) mass is 364 g/mol. The van der Waals surface area contributed by atoms with E-state index >= 15 is 0 Å². The number of halogens is 3. The first-order valence-corrected chi connectivity index (χ1v) is 7.73. The molecule has 2 aromatic heterocycles. The highest BCUT2D eigenvalue weighted by Gasteiger charge is 2.28. The molecule has 2 heterocycles. The highest BCUT2D eigenvalue weighted by Crippen LogP contribution is 2.19. The van der Waals surface area contributed by atoms with E-state index in [0.717, 1.165) is 5.52 Å². The number of para-hydroxylation sites is 2. The largest absolute Gasteiger partial charge is 0.468 e. The second-order valence-corrected chi connectivity index (χ2v) is 5.63. The van der Waals surface area contributed by atoms with Crippen molar-refractivity contribution in [3.63, 3.8) is 0 Å². The number of hydrogen-bond donors (Lipinski definition) is 2. The highest BCUT2D eigenvalue weighted by molar-refractivity contribution is 5.94.